The number of hydrogen-bond acceptors (Lipinski definition) is 3. The van der Waals surface area contributed by atoms with Crippen LogP contribution in [-0.4, -0.2) is 36.3 Å². The van der Waals surface area contributed by atoms with Gasteiger partial charge < -0.3 is 10.6 Å². The maximum Gasteiger partial charge on any atom is 0.234 e. The molecule has 2 aromatic carbocycles. The minimum absolute atomic E-state index is 0.0187. The van der Waals surface area contributed by atoms with Crippen LogP contribution in [0.2, 0.25) is 5.02 Å². The van der Waals surface area contributed by atoms with Gasteiger partial charge in [0.25, 0.3) is 0 Å². The Hall–Kier alpha value is -2.37. The molecule has 0 unspecified atom stereocenters. The summed E-state index contributed by atoms with van der Waals surface area (Å²) in [6, 6.07) is 16.9. The highest BCUT2D eigenvalue weighted by molar-refractivity contribution is 6.30. The van der Waals surface area contributed by atoms with Crippen molar-refractivity contribution >= 4 is 29.1 Å². The molecule has 2 N–H and O–H groups in total. The van der Waals surface area contributed by atoms with E-state index in [4.69, 9.17) is 11.6 Å². The van der Waals surface area contributed by atoms with E-state index in [1.54, 1.807) is 6.07 Å². The minimum atomic E-state index is -0.0975. The molecular weight excluding hydrogens is 362 g/mol. The van der Waals surface area contributed by atoms with E-state index < -0.39 is 0 Å². The van der Waals surface area contributed by atoms with Crippen molar-refractivity contribution in [3.63, 3.8) is 0 Å². The smallest absolute Gasteiger partial charge is 0.234 e. The third kappa shape index (κ3) is 6.08. The number of para-hydroxylation sites is 1. The molecule has 6 heteroatoms. The highest BCUT2D eigenvalue weighted by Gasteiger charge is 2.26. The van der Waals surface area contributed by atoms with Gasteiger partial charge in [-0.25, -0.2) is 0 Å². The fourth-order valence-corrected chi connectivity index (χ4v) is 3.50. The predicted molar refractivity (Wildman–Crippen MR) is 108 cm³/mol. The van der Waals surface area contributed by atoms with E-state index in [1.807, 2.05) is 53.4 Å². The molecule has 1 atom stereocenters. The molecule has 27 heavy (non-hydrogen) atoms. The molecule has 0 radical (unpaired) electrons. The molecule has 1 saturated heterocycles. The number of likely N-dealkylation sites (tertiary alicyclic amines) is 1. The number of piperidine rings is 1. The molecule has 3 rings (SSSR count). The van der Waals surface area contributed by atoms with E-state index in [1.165, 1.54) is 0 Å². The average molecular weight is 386 g/mol. The second-order valence-electron chi connectivity index (χ2n) is 6.84. The summed E-state index contributed by atoms with van der Waals surface area (Å²) in [5.41, 5.74) is 1.77. The average Bonchev–Trinajstić information content (AvgIpc) is 2.67. The molecule has 0 saturated carbocycles. The van der Waals surface area contributed by atoms with Crippen LogP contribution >= 0.6 is 11.6 Å². The summed E-state index contributed by atoms with van der Waals surface area (Å²) in [5.74, 6) is -0.121. The number of nitrogens with one attached hydrogen (secondary N) is 2. The van der Waals surface area contributed by atoms with Gasteiger partial charge in [0.1, 0.15) is 0 Å². The topological polar surface area (TPSA) is 61.4 Å². The van der Waals surface area contributed by atoms with Crippen LogP contribution in [0.25, 0.3) is 0 Å². The lowest BCUT2D eigenvalue weighted by Crippen LogP contribution is -2.45. The Labute approximate surface area is 164 Å². The van der Waals surface area contributed by atoms with Gasteiger partial charge in [0.15, 0.2) is 0 Å². The number of rotatable bonds is 6. The zero-order valence-electron chi connectivity index (χ0n) is 15.2. The van der Waals surface area contributed by atoms with Gasteiger partial charge in [-0.1, -0.05) is 41.9 Å². The summed E-state index contributed by atoms with van der Waals surface area (Å²) in [6.45, 7) is 2.18. The van der Waals surface area contributed by atoms with Crippen molar-refractivity contribution in [3.05, 3.63) is 65.2 Å². The van der Waals surface area contributed by atoms with Gasteiger partial charge in [-0.15, -0.1) is 0 Å². The van der Waals surface area contributed by atoms with E-state index in [-0.39, 0.29) is 17.7 Å². The van der Waals surface area contributed by atoms with E-state index >= 15 is 0 Å². The van der Waals surface area contributed by atoms with Gasteiger partial charge in [-0.05, 0) is 49.2 Å². The lowest BCUT2D eigenvalue weighted by Gasteiger charge is -2.31. The van der Waals surface area contributed by atoms with Crippen LogP contribution in [0.1, 0.15) is 18.4 Å². The van der Waals surface area contributed by atoms with Gasteiger partial charge in [0.05, 0.1) is 12.5 Å². The minimum Gasteiger partial charge on any atom is -0.351 e. The molecule has 1 heterocycles. The third-order valence-corrected chi connectivity index (χ3v) is 4.90. The first-order valence-corrected chi connectivity index (χ1v) is 9.57. The van der Waals surface area contributed by atoms with Crippen LogP contribution in [0.5, 0.6) is 0 Å². The van der Waals surface area contributed by atoms with Crippen LogP contribution in [0.4, 0.5) is 5.69 Å². The number of amides is 2. The Bertz CT molecular complexity index is 782. The van der Waals surface area contributed by atoms with Crippen molar-refractivity contribution in [2.24, 2.45) is 5.92 Å². The highest BCUT2D eigenvalue weighted by atomic mass is 35.5. The van der Waals surface area contributed by atoms with Gasteiger partial charge >= 0.3 is 0 Å². The molecular formula is C21H24ClN3O2. The monoisotopic (exact) mass is 385 g/mol. The maximum absolute atomic E-state index is 12.5. The largest absolute Gasteiger partial charge is 0.351 e. The van der Waals surface area contributed by atoms with Crippen LogP contribution in [0.15, 0.2) is 54.6 Å². The third-order valence-electron chi connectivity index (χ3n) is 4.66. The van der Waals surface area contributed by atoms with Crippen molar-refractivity contribution in [2.75, 3.05) is 25.0 Å². The maximum atomic E-state index is 12.5. The summed E-state index contributed by atoms with van der Waals surface area (Å²) in [6.07, 6.45) is 1.76. The summed E-state index contributed by atoms with van der Waals surface area (Å²) in [4.78, 5) is 26.8. The second kappa shape index (κ2) is 9.53. The molecule has 1 fully saturated rings. The molecule has 2 amide bonds. The zero-order chi connectivity index (χ0) is 19.1. The Kier molecular flexibility index (Phi) is 6.85. The zero-order valence-corrected chi connectivity index (χ0v) is 15.9. The van der Waals surface area contributed by atoms with Gasteiger partial charge in [-0.3, -0.25) is 14.5 Å². The molecule has 5 nitrogen and oxygen atoms in total. The van der Waals surface area contributed by atoms with E-state index in [0.717, 1.165) is 30.6 Å². The van der Waals surface area contributed by atoms with Crippen molar-refractivity contribution in [3.8, 4) is 0 Å². The first-order valence-electron chi connectivity index (χ1n) is 9.19. The molecule has 1 aliphatic heterocycles. The normalized spacial score (nSPS) is 17.3. The second-order valence-corrected chi connectivity index (χ2v) is 7.27. The van der Waals surface area contributed by atoms with Crippen LogP contribution in [-0.2, 0) is 16.1 Å². The van der Waals surface area contributed by atoms with Crippen LogP contribution in [0, 0.1) is 5.92 Å². The summed E-state index contributed by atoms with van der Waals surface area (Å²) < 4.78 is 0. The van der Waals surface area contributed by atoms with Gasteiger partial charge in [0, 0.05) is 23.8 Å². The lowest BCUT2D eigenvalue weighted by molar-refractivity contribution is -0.125. The SMILES string of the molecule is O=C(CN1CCC[C@@H](C(=O)Nc2ccccc2)C1)NCc1cccc(Cl)c1. The molecule has 0 bridgehead atoms. The summed E-state index contributed by atoms with van der Waals surface area (Å²) in [5, 5.41) is 6.53. The van der Waals surface area contributed by atoms with Crippen molar-refractivity contribution < 1.29 is 9.59 Å². The van der Waals surface area contributed by atoms with E-state index in [0.29, 0.717) is 24.7 Å². The Balaban J connectivity index is 1.46. The standard InChI is InChI=1S/C21H24ClN3O2/c22-18-8-4-6-16(12-18)13-23-20(26)15-25-11-5-7-17(14-25)21(27)24-19-9-2-1-3-10-19/h1-4,6,8-10,12,17H,5,7,11,13-15H2,(H,23,26)(H,24,27)/t17-/m1/s1. The summed E-state index contributed by atoms with van der Waals surface area (Å²) in [7, 11) is 0. The number of carbonyl (C=O) groups is 2. The van der Waals surface area contributed by atoms with Gasteiger partial charge in [0.2, 0.25) is 11.8 Å². The summed E-state index contributed by atoms with van der Waals surface area (Å²) >= 11 is 5.96. The predicted octanol–water partition coefficient (Wildman–Crippen LogP) is 3.31. The van der Waals surface area contributed by atoms with Gasteiger partial charge in [-0.2, -0.15) is 0 Å². The molecule has 0 aliphatic carbocycles. The van der Waals surface area contributed by atoms with E-state index in [2.05, 4.69) is 10.6 Å². The fraction of sp³-hybridized carbons (Fsp3) is 0.333. The number of halogens is 1. The van der Waals surface area contributed by atoms with Crippen molar-refractivity contribution in [1.29, 1.82) is 0 Å². The molecule has 142 valence electrons. The first kappa shape index (κ1) is 19.4. The number of hydrogen-bond donors (Lipinski definition) is 2. The number of carbonyl (C=O) groups excluding carboxylic acids is 2. The molecule has 0 spiro atoms. The number of anilines is 1. The lowest BCUT2D eigenvalue weighted by atomic mass is 9.97. The Morgan fingerprint density at radius 2 is 1.93 bits per heavy atom. The van der Waals surface area contributed by atoms with Crippen LogP contribution in [0.3, 0.4) is 0 Å². The quantitative estimate of drug-likeness (QED) is 0.802. The van der Waals surface area contributed by atoms with Crippen molar-refractivity contribution in [2.45, 2.75) is 19.4 Å². The first-order chi connectivity index (χ1) is 13.1. The Morgan fingerprint density at radius 1 is 1.11 bits per heavy atom. The number of nitrogens with zero attached hydrogens (tertiary/aromatic N) is 1. The van der Waals surface area contributed by atoms with E-state index in [9.17, 15) is 9.59 Å². The highest BCUT2D eigenvalue weighted by Crippen LogP contribution is 2.18. The van der Waals surface area contributed by atoms with Crippen LogP contribution < -0.4 is 10.6 Å². The molecule has 0 aromatic heterocycles. The molecule has 1 aliphatic rings. The van der Waals surface area contributed by atoms with Crippen molar-refractivity contribution in [1.82, 2.24) is 10.2 Å². The Morgan fingerprint density at radius 3 is 2.70 bits per heavy atom. The number of benzene rings is 2. The molecule has 2 aromatic rings. The fourth-order valence-electron chi connectivity index (χ4n) is 3.29.